The number of rotatable bonds is 5. The van der Waals surface area contributed by atoms with Gasteiger partial charge in [-0.05, 0) is 90.8 Å². The molecule has 0 unspecified atom stereocenters. The lowest BCUT2D eigenvalue weighted by molar-refractivity contribution is -0.115. The summed E-state index contributed by atoms with van der Waals surface area (Å²) >= 11 is 1.24. The zero-order chi connectivity index (χ0) is 24.2. The van der Waals surface area contributed by atoms with Gasteiger partial charge in [-0.1, -0.05) is 18.2 Å². The van der Waals surface area contributed by atoms with Crippen LogP contribution in [0.3, 0.4) is 0 Å². The maximum absolute atomic E-state index is 13.1. The van der Waals surface area contributed by atoms with Crippen LogP contribution in [0.15, 0.2) is 70.6 Å². The first-order chi connectivity index (χ1) is 16.3. The minimum absolute atomic E-state index is 0.208. The highest BCUT2D eigenvalue weighted by Crippen LogP contribution is 2.33. The largest absolute Gasteiger partial charge is 0.493 e. The fourth-order valence-electron chi connectivity index (χ4n) is 3.18. The third kappa shape index (κ3) is 5.35. The van der Waals surface area contributed by atoms with Gasteiger partial charge in [-0.3, -0.25) is 4.79 Å². The first kappa shape index (κ1) is 23.3. The highest BCUT2D eigenvalue weighted by Gasteiger charge is 2.24. The molecule has 1 heterocycles. The van der Waals surface area contributed by atoms with E-state index in [2.05, 4.69) is 10.3 Å². The number of amidine groups is 1. The van der Waals surface area contributed by atoms with Crippen molar-refractivity contribution in [1.82, 2.24) is 5.32 Å². The molecular formula is C26H21FN2O4S. The predicted octanol–water partition coefficient (Wildman–Crippen LogP) is 5.56. The molecule has 0 bridgehead atoms. The van der Waals surface area contributed by atoms with E-state index in [-0.39, 0.29) is 17.2 Å². The normalized spacial score (nSPS) is 15.5. The SMILES string of the molecule is COc1cc(C=C2SC(=Nc3cc(C)ccc3C)NC2=O)ccc1OC(=O)c1ccc(F)cc1. The number of ether oxygens (including phenoxy) is 2. The summed E-state index contributed by atoms with van der Waals surface area (Å²) in [5.41, 5.74) is 3.80. The van der Waals surface area contributed by atoms with Crippen molar-refractivity contribution in [1.29, 1.82) is 0 Å². The van der Waals surface area contributed by atoms with Crippen LogP contribution in [0.4, 0.5) is 10.1 Å². The Labute approximate surface area is 200 Å². The topological polar surface area (TPSA) is 77.0 Å². The first-order valence-electron chi connectivity index (χ1n) is 10.3. The second kappa shape index (κ2) is 9.93. The van der Waals surface area contributed by atoms with Gasteiger partial charge >= 0.3 is 5.97 Å². The van der Waals surface area contributed by atoms with Crippen molar-refractivity contribution in [3.05, 3.63) is 93.6 Å². The van der Waals surface area contributed by atoms with Gasteiger partial charge in [0.2, 0.25) is 0 Å². The third-order valence-electron chi connectivity index (χ3n) is 5.01. The summed E-state index contributed by atoms with van der Waals surface area (Å²) < 4.78 is 23.8. The fourth-order valence-corrected chi connectivity index (χ4v) is 4.02. The highest BCUT2D eigenvalue weighted by atomic mass is 32.2. The molecule has 1 fully saturated rings. The van der Waals surface area contributed by atoms with Crippen molar-refractivity contribution >= 4 is 40.6 Å². The lowest BCUT2D eigenvalue weighted by Gasteiger charge is -2.10. The molecule has 1 aliphatic rings. The van der Waals surface area contributed by atoms with Crippen LogP contribution in [0.25, 0.3) is 6.08 Å². The third-order valence-corrected chi connectivity index (χ3v) is 5.92. The van der Waals surface area contributed by atoms with Gasteiger partial charge in [-0.15, -0.1) is 0 Å². The lowest BCUT2D eigenvalue weighted by atomic mass is 10.1. The van der Waals surface area contributed by atoms with Gasteiger partial charge < -0.3 is 14.8 Å². The van der Waals surface area contributed by atoms with Crippen molar-refractivity contribution < 1.29 is 23.5 Å². The molecule has 1 saturated heterocycles. The summed E-state index contributed by atoms with van der Waals surface area (Å²) in [5, 5.41) is 3.29. The highest BCUT2D eigenvalue weighted by molar-refractivity contribution is 8.18. The maximum Gasteiger partial charge on any atom is 0.343 e. The molecule has 0 atom stereocenters. The quantitative estimate of drug-likeness (QED) is 0.296. The Hall–Kier alpha value is -3.91. The maximum atomic E-state index is 13.1. The zero-order valence-electron chi connectivity index (χ0n) is 18.7. The number of esters is 1. The molecular weight excluding hydrogens is 455 g/mol. The van der Waals surface area contributed by atoms with E-state index < -0.39 is 11.8 Å². The Bertz CT molecular complexity index is 1330. The van der Waals surface area contributed by atoms with E-state index in [1.54, 1.807) is 24.3 Å². The minimum atomic E-state index is -0.637. The van der Waals surface area contributed by atoms with Crippen LogP contribution in [0.1, 0.15) is 27.0 Å². The number of halogens is 1. The number of hydrogen-bond donors (Lipinski definition) is 1. The predicted molar refractivity (Wildman–Crippen MR) is 131 cm³/mol. The molecule has 0 radical (unpaired) electrons. The van der Waals surface area contributed by atoms with Gasteiger partial charge in [0.1, 0.15) is 5.82 Å². The molecule has 1 amide bonds. The first-order valence-corrected chi connectivity index (χ1v) is 11.2. The molecule has 1 N–H and O–H groups in total. The second-order valence-electron chi connectivity index (χ2n) is 7.58. The molecule has 1 aliphatic heterocycles. The molecule has 4 rings (SSSR count). The average molecular weight is 477 g/mol. The number of aliphatic imine (C=N–C) groups is 1. The van der Waals surface area contributed by atoms with Crippen LogP contribution < -0.4 is 14.8 Å². The van der Waals surface area contributed by atoms with Crippen LogP contribution in [0.5, 0.6) is 11.5 Å². The molecule has 0 aliphatic carbocycles. The average Bonchev–Trinajstić information content (AvgIpc) is 3.16. The standard InChI is InChI=1S/C26H21FN2O4S/c1-15-4-5-16(2)20(12-15)28-26-29-24(30)23(34-26)14-17-6-11-21(22(13-17)32-3)33-25(31)18-7-9-19(27)10-8-18/h4-14H,1-3H3,(H,28,29,30). The number of nitrogens with one attached hydrogen (secondary N) is 1. The number of amides is 1. The van der Waals surface area contributed by atoms with Gasteiger partial charge in [0.25, 0.3) is 5.91 Å². The number of carbonyl (C=O) groups is 2. The minimum Gasteiger partial charge on any atom is -0.493 e. The Morgan fingerprint density at radius 3 is 2.53 bits per heavy atom. The van der Waals surface area contributed by atoms with E-state index in [0.29, 0.717) is 21.4 Å². The zero-order valence-corrected chi connectivity index (χ0v) is 19.5. The van der Waals surface area contributed by atoms with Gasteiger partial charge in [0.15, 0.2) is 16.7 Å². The van der Waals surface area contributed by atoms with E-state index in [1.807, 2.05) is 32.0 Å². The van der Waals surface area contributed by atoms with E-state index in [0.717, 1.165) is 16.8 Å². The van der Waals surface area contributed by atoms with Crippen molar-refractivity contribution in [2.45, 2.75) is 13.8 Å². The molecule has 34 heavy (non-hydrogen) atoms. The Morgan fingerprint density at radius 1 is 1.03 bits per heavy atom. The van der Waals surface area contributed by atoms with Crippen molar-refractivity contribution in [3.63, 3.8) is 0 Å². The Morgan fingerprint density at radius 2 is 1.79 bits per heavy atom. The molecule has 0 spiro atoms. The molecule has 0 aromatic heterocycles. The molecule has 6 nitrogen and oxygen atoms in total. The van der Waals surface area contributed by atoms with Gasteiger partial charge in [0.05, 0.1) is 23.3 Å². The van der Waals surface area contributed by atoms with Crippen LogP contribution in [0, 0.1) is 19.7 Å². The van der Waals surface area contributed by atoms with Crippen molar-refractivity contribution in [2.75, 3.05) is 7.11 Å². The number of benzene rings is 3. The van der Waals surface area contributed by atoms with Crippen LogP contribution in [-0.4, -0.2) is 24.2 Å². The lowest BCUT2D eigenvalue weighted by Crippen LogP contribution is -2.19. The monoisotopic (exact) mass is 476 g/mol. The van der Waals surface area contributed by atoms with Gasteiger partial charge in [0, 0.05) is 0 Å². The van der Waals surface area contributed by atoms with Crippen LogP contribution in [0.2, 0.25) is 0 Å². The Balaban J connectivity index is 1.53. The van der Waals surface area contributed by atoms with Crippen molar-refractivity contribution in [3.8, 4) is 11.5 Å². The smallest absolute Gasteiger partial charge is 0.343 e. The number of methoxy groups -OCH3 is 1. The summed E-state index contributed by atoms with van der Waals surface area (Å²) in [5.74, 6) is -0.804. The molecule has 172 valence electrons. The summed E-state index contributed by atoms with van der Waals surface area (Å²) in [6.45, 7) is 3.95. The van der Waals surface area contributed by atoms with Crippen molar-refractivity contribution in [2.24, 2.45) is 4.99 Å². The Kier molecular flexibility index (Phi) is 6.79. The van der Waals surface area contributed by atoms with Gasteiger partial charge in [-0.2, -0.15) is 0 Å². The molecule has 8 heteroatoms. The van der Waals surface area contributed by atoms with Crippen LogP contribution in [-0.2, 0) is 4.79 Å². The second-order valence-corrected chi connectivity index (χ2v) is 8.61. The number of thioether (sulfide) groups is 1. The van der Waals surface area contributed by atoms with E-state index in [9.17, 15) is 14.0 Å². The molecule has 0 saturated carbocycles. The number of carbonyl (C=O) groups excluding carboxylic acids is 2. The number of hydrogen-bond acceptors (Lipinski definition) is 6. The molecule has 3 aromatic carbocycles. The summed E-state index contributed by atoms with van der Waals surface area (Å²) in [6.07, 6.45) is 1.71. The van der Waals surface area contributed by atoms with Crippen LogP contribution >= 0.6 is 11.8 Å². The van der Waals surface area contributed by atoms with Gasteiger partial charge in [-0.25, -0.2) is 14.2 Å². The summed E-state index contributed by atoms with van der Waals surface area (Å²) in [4.78, 5) is 29.9. The summed E-state index contributed by atoms with van der Waals surface area (Å²) in [7, 11) is 1.45. The van der Waals surface area contributed by atoms with E-state index >= 15 is 0 Å². The number of nitrogens with zero attached hydrogens (tertiary/aromatic N) is 1. The fraction of sp³-hybridized carbons (Fsp3) is 0.115. The van der Waals surface area contributed by atoms with E-state index in [4.69, 9.17) is 9.47 Å². The summed E-state index contributed by atoms with van der Waals surface area (Å²) in [6, 6.07) is 16.0. The van der Waals surface area contributed by atoms with E-state index in [1.165, 1.54) is 43.1 Å². The molecule has 3 aromatic rings. The number of aryl methyl sites for hydroxylation is 2.